The maximum Gasteiger partial charge on any atom is 0.306 e. The van der Waals surface area contributed by atoms with Crippen molar-refractivity contribution in [1.29, 1.82) is 0 Å². The van der Waals surface area contributed by atoms with Crippen LogP contribution in [-0.4, -0.2) is 49.2 Å². The smallest absolute Gasteiger partial charge is 0.306 e. The average molecular weight is 582 g/mol. The van der Waals surface area contributed by atoms with Crippen molar-refractivity contribution in [1.82, 2.24) is 4.90 Å². The third-order valence-corrected chi connectivity index (χ3v) is 8.07. The fourth-order valence-corrected chi connectivity index (χ4v) is 5.46. The maximum atomic E-state index is 12.7. The highest BCUT2D eigenvalue weighted by atomic mass is 16.5. The van der Waals surface area contributed by atoms with Crippen LogP contribution in [0.3, 0.4) is 0 Å². The van der Waals surface area contributed by atoms with E-state index in [1.165, 1.54) is 77.0 Å². The number of ether oxygens (including phenoxy) is 2. The molecule has 5 heteroatoms. The van der Waals surface area contributed by atoms with Gasteiger partial charge in [0.05, 0.1) is 6.61 Å². The van der Waals surface area contributed by atoms with E-state index in [0.717, 1.165) is 90.3 Å². The summed E-state index contributed by atoms with van der Waals surface area (Å²) in [5, 5.41) is 0. The molecular weight excluding hydrogens is 510 g/mol. The topological polar surface area (TPSA) is 55.8 Å². The molecule has 0 atom stereocenters. The lowest BCUT2D eigenvalue weighted by atomic mass is 10.0. The van der Waals surface area contributed by atoms with Crippen LogP contribution in [-0.2, 0) is 19.1 Å². The highest BCUT2D eigenvalue weighted by Gasteiger charge is 2.14. The number of unbranched alkanes of at least 4 members (excludes halogenated alkanes) is 15. The lowest BCUT2D eigenvalue weighted by molar-refractivity contribution is -0.150. The Kier molecular flexibility index (Phi) is 31.0. The first-order valence-corrected chi connectivity index (χ1v) is 18.1. The predicted octanol–water partition coefficient (Wildman–Crippen LogP) is 10.6. The molecule has 41 heavy (non-hydrogen) atoms. The Morgan fingerprint density at radius 1 is 0.488 bits per heavy atom. The van der Waals surface area contributed by atoms with Gasteiger partial charge in [0.15, 0.2) is 0 Å². The van der Waals surface area contributed by atoms with Crippen molar-refractivity contribution < 1.29 is 19.1 Å². The molecule has 0 aliphatic rings. The number of carbonyl (C=O) groups excluding carboxylic acids is 2. The van der Waals surface area contributed by atoms with Gasteiger partial charge >= 0.3 is 11.9 Å². The van der Waals surface area contributed by atoms with Crippen LogP contribution >= 0.6 is 0 Å². The third-order valence-electron chi connectivity index (χ3n) is 8.07. The molecule has 0 aliphatic carbocycles. The largest absolute Gasteiger partial charge is 0.466 e. The summed E-state index contributed by atoms with van der Waals surface area (Å²) in [6, 6.07) is 0. The van der Waals surface area contributed by atoms with E-state index in [4.69, 9.17) is 9.47 Å². The van der Waals surface area contributed by atoms with E-state index in [1.807, 2.05) is 0 Å². The summed E-state index contributed by atoms with van der Waals surface area (Å²) >= 11 is 0. The number of esters is 2. The van der Waals surface area contributed by atoms with Gasteiger partial charge in [0.25, 0.3) is 0 Å². The van der Waals surface area contributed by atoms with Gasteiger partial charge in [-0.1, -0.05) is 105 Å². The second kappa shape index (κ2) is 31.8. The van der Waals surface area contributed by atoms with Gasteiger partial charge in [-0.2, -0.15) is 0 Å². The molecule has 0 bridgehead atoms. The molecule has 0 N–H and O–H groups in total. The lowest BCUT2D eigenvalue weighted by Gasteiger charge is -2.22. The SMILES string of the molecule is CCCCCCCCC(CCCCCCCC)OC(=O)CCCCN(CCC)CCCCCOC(=O)CCCCC. The van der Waals surface area contributed by atoms with Crippen molar-refractivity contribution in [3.05, 3.63) is 0 Å². The van der Waals surface area contributed by atoms with Crippen LogP contribution in [0.15, 0.2) is 0 Å². The Hall–Kier alpha value is -1.10. The van der Waals surface area contributed by atoms with Gasteiger partial charge < -0.3 is 14.4 Å². The van der Waals surface area contributed by atoms with E-state index < -0.39 is 0 Å². The van der Waals surface area contributed by atoms with Gasteiger partial charge in [-0.05, 0) is 90.3 Å². The summed E-state index contributed by atoms with van der Waals surface area (Å²) in [5.41, 5.74) is 0. The molecule has 0 aromatic heterocycles. The van der Waals surface area contributed by atoms with Crippen LogP contribution in [0.5, 0.6) is 0 Å². The Bertz CT molecular complexity index is 552. The predicted molar refractivity (Wildman–Crippen MR) is 175 cm³/mol. The minimum Gasteiger partial charge on any atom is -0.466 e. The second-order valence-electron chi connectivity index (χ2n) is 12.3. The molecule has 0 saturated carbocycles. The van der Waals surface area contributed by atoms with Crippen molar-refractivity contribution in [3.63, 3.8) is 0 Å². The van der Waals surface area contributed by atoms with Crippen molar-refractivity contribution in [2.24, 2.45) is 0 Å². The first-order chi connectivity index (χ1) is 20.1. The number of nitrogens with zero attached hydrogens (tertiary/aromatic N) is 1. The Morgan fingerprint density at radius 2 is 0.951 bits per heavy atom. The molecule has 0 spiro atoms. The normalized spacial score (nSPS) is 11.5. The van der Waals surface area contributed by atoms with Crippen molar-refractivity contribution in [2.45, 2.75) is 194 Å². The summed E-state index contributed by atoms with van der Waals surface area (Å²) in [5.74, 6) is -0.0287. The van der Waals surface area contributed by atoms with Gasteiger partial charge in [-0.25, -0.2) is 0 Å². The summed E-state index contributed by atoms with van der Waals surface area (Å²) in [4.78, 5) is 26.9. The highest BCUT2D eigenvalue weighted by molar-refractivity contribution is 5.69. The molecule has 0 aromatic carbocycles. The average Bonchev–Trinajstić information content (AvgIpc) is 2.96. The quantitative estimate of drug-likeness (QED) is 0.0584. The monoisotopic (exact) mass is 582 g/mol. The molecule has 0 rings (SSSR count). The van der Waals surface area contributed by atoms with Gasteiger partial charge in [0.1, 0.15) is 6.10 Å². The van der Waals surface area contributed by atoms with E-state index in [0.29, 0.717) is 19.4 Å². The summed E-state index contributed by atoms with van der Waals surface area (Å²) < 4.78 is 11.4. The Balaban J connectivity index is 4.18. The molecule has 244 valence electrons. The van der Waals surface area contributed by atoms with Gasteiger partial charge in [-0.3, -0.25) is 9.59 Å². The van der Waals surface area contributed by atoms with Gasteiger partial charge in [0.2, 0.25) is 0 Å². The van der Waals surface area contributed by atoms with Crippen molar-refractivity contribution in [3.8, 4) is 0 Å². The summed E-state index contributed by atoms with van der Waals surface area (Å²) in [6.45, 7) is 12.7. The van der Waals surface area contributed by atoms with Crippen LogP contribution in [0, 0.1) is 0 Å². The summed E-state index contributed by atoms with van der Waals surface area (Å²) in [6.07, 6.45) is 28.2. The number of carbonyl (C=O) groups is 2. The molecule has 0 aromatic rings. The van der Waals surface area contributed by atoms with E-state index in [1.54, 1.807) is 0 Å². The van der Waals surface area contributed by atoms with Crippen LogP contribution in [0.1, 0.15) is 188 Å². The third kappa shape index (κ3) is 28.8. The van der Waals surface area contributed by atoms with E-state index in [-0.39, 0.29) is 18.0 Å². The minimum atomic E-state index is -0.0410. The standard InChI is InChI=1S/C36H71NO4/c1-5-9-12-14-16-20-26-34(27-21-17-15-13-10-6-2)41-36(39)29-22-24-32-37(30-8-4)31-23-18-25-33-40-35(38)28-19-11-7-3/h34H,5-33H2,1-4H3. The van der Waals surface area contributed by atoms with E-state index >= 15 is 0 Å². The Labute approximate surface area is 256 Å². The first-order valence-electron chi connectivity index (χ1n) is 18.1. The number of hydrogen-bond acceptors (Lipinski definition) is 5. The number of rotatable bonds is 32. The van der Waals surface area contributed by atoms with Crippen molar-refractivity contribution in [2.75, 3.05) is 26.2 Å². The van der Waals surface area contributed by atoms with Gasteiger partial charge in [-0.15, -0.1) is 0 Å². The molecule has 0 amide bonds. The first kappa shape index (κ1) is 39.9. The van der Waals surface area contributed by atoms with Crippen LogP contribution < -0.4 is 0 Å². The second-order valence-corrected chi connectivity index (χ2v) is 12.3. The fourth-order valence-electron chi connectivity index (χ4n) is 5.46. The molecular formula is C36H71NO4. The molecule has 0 heterocycles. The van der Waals surface area contributed by atoms with E-state index in [2.05, 4.69) is 32.6 Å². The highest BCUT2D eigenvalue weighted by Crippen LogP contribution is 2.18. The van der Waals surface area contributed by atoms with Crippen LogP contribution in [0.2, 0.25) is 0 Å². The molecule has 0 fully saturated rings. The zero-order valence-electron chi connectivity index (χ0n) is 28.2. The zero-order valence-corrected chi connectivity index (χ0v) is 28.2. The lowest BCUT2D eigenvalue weighted by Crippen LogP contribution is -2.27. The maximum absolute atomic E-state index is 12.7. The minimum absolute atomic E-state index is 0.0123. The zero-order chi connectivity index (χ0) is 30.2. The Morgan fingerprint density at radius 3 is 1.54 bits per heavy atom. The fraction of sp³-hybridized carbons (Fsp3) is 0.944. The number of hydrogen-bond donors (Lipinski definition) is 0. The molecule has 0 saturated heterocycles. The molecule has 0 radical (unpaired) electrons. The van der Waals surface area contributed by atoms with Gasteiger partial charge in [0, 0.05) is 12.8 Å². The van der Waals surface area contributed by atoms with Crippen LogP contribution in [0.4, 0.5) is 0 Å². The molecule has 0 aliphatic heterocycles. The van der Waals surface area contributed by atoms with Crippen LogP contribution in [0.25, 0.3) is 0 Å². The molecule has 0 unspecified atom stereocenters. The molecule has 5 nitrogen and oxygen atoms in total. The summed E-state index contributed by atoms with van der Waals surface area (Å²) in [7, 11) is 0. The van der Waals surface area contributed by atoms with E-state index in [9.17, 15) is 9.59 Å². The van der Waals surface area contributed by atoms with Crippen molar-refractivity contribution >= 4 is 11.9 Å².